The molecule has 0 bridgehead atoms. The van der Waals surface area contributed by atoms with E-state index < -0.39 is 27.8 Å². The summed E-state index contributed by atoms with van der Waals surface area (Å²) in [4.78, 5) is 36.8. The number of esters is 1. The third kappa shape index (κ3) is 6.06. The number of nitrogens with zero attached hydrogens (tertiary/aromatic N) is 1. The highest BCUT2D eigenvalue weighted by Crippen LogP contribution is 2.18. The quantitative estimate of drug-likeness (QED) is 0.711. The number of hydrogen-bond donors (Lipinski definition) is 1. The largest absolute Gasteiger partial charge is 0.452 e. The maximum atomic E-state index is 12.4. The van der Waals surface area contributed by atoms with Crippen molar-refractivity contribution in [3.63, 3.8) is 0 Å². The Balaban J connectivity index is 1.87. The molecule has 1 heterocycles. The van der Waals surface area contributed by atoms with Gasteiger partial charge in [-0.15, -0.1) is 0 Å². The summed E-state index contributed by atoms with van der Waals surface area (Å²) < 4.78 is 28.3. The molecule has 0 radical (unpaired) electrons. The van der Waals surface area contributed by atoms with Gasteiger partial charge in [0.25, 0.3) is 5.91 Å². The van der Waals surface area contributed by atoms with Crippen molar-refractivity contribution < 1.29 is 27.5 Å². The van der Waals surface area contributed by atoms with Gasteiger partial charge in [0.1, 0.15) is 0 Å². The highest BCUT2D eigenvalue weighted by atomic mass is 32.2. The van der Waals surface area contributed by atoms with Crippen LogP contribution in [0.4, 0.5) is 5.69 Å². The van der Waals surface area contributed by atoms with E-state index in [0.717, 1.165) is 0 Å². The summed E-state index contributed by atoms with van der Waals surface area (Å²) in [6.45, 7) is 2.88. The molecule has 148 valence electrons. The minimum Gasteiger partial charge on any atom is -0.452 e. The van der Waals surface area contributed by atoms with Gasteiger partial charge in [-0.05, 0) is 31.0 Å². The number of ether oxygens (including phenoxy) is 1. The number of carbonyl (C=O) groups excluding carboxylic acids is 3. The maximum Gasteiger partial charge on any atom is 0.311 e. The number of nitrogens with one attached hydrogen (secondary N) is 1. The van der Waals surface area contributed by atoms with Gasteiger partial charge >= 0.3 is 5.97 Å². The molecule has 2 atom stereocenters. The van der Waals surface area contributed by atoms with E-state index in [1.54, 1.807) is 24.3 Å². The van der Waals surface area contributed by atoms with Gasteiger partial charge in [0.15, 0.2) is 15.9 Å². The average molecular weight is 396 g/mol. The van der Waals surface area contributed by atoms with Gasteiger partial charge in [0, 0.05) is 25.7 Å². The number of carbonyl (C=O) groups is 3. The summed E-state index contributed by atoms with van der Waals surface area (Å²) in [5.74, 6) is -1.16. The zero-order valence-electron chi connectivity index (χ0n) is 15.6. The first-order valence-corrected chi connectivity index (χ1v) is 10.4. The molecule has 1 aliphatic rings. The molecule has 27 heavy (non-hydrogen) atoms. The van der Waals surface area contributed by atoms with Crippen molar-refractivity contribution in [2.45, 2.75) is 38.8 Å². The molecule has 0 saturated carbocycles. The second-order valence-corrected chi connectivity index (χ2v) is 8.92. The number of amides is 2. The van der Waals surface area contributed by atoms with Crippen LogP contribution in [0.5, 0.6) is 0 Å². The molecule has 0 spiro atoms. The van der Waals surface area contributed by atoms with E-state index in [1.807, 2.05) is 0 Å². The monoisotopic (exact) mass is 396 g/mol. The van der Waals surface area contributed by atoms with Crippen LogP contribution < -0.4 is 5.32 Å². The van der Waals surface area contributed by atoms with Crippen LogP contribution >= 0.6 is 0 Å². The number of likely N-dealkylation sites (N-methyl/N-ethyl adjacent to an activating group) is 1. The van der Waals surface area contributed by atoms with Crippen LogP contribution in [0.25, 0.3) is 0 Å². The first-order chi connectivity index (χ1) is 12.6. The summed E-state index contributed by atoms with van der Waals surface area (Å²) >= 11 is 0. The summed E-state index contributed by atoms with van der Waals surface area (Å²) in [7, 11) is -1.58. The molecule has 0 aliphatic carbocycles. The fourth-order valence-corrected chi connectivity index (χ4v) is 4.69. The van der Waals surface area contributed by atoms with E-state index in [4.69, 9.17) is 4.74 Å². The van der Waals surface area contributed by atoms with Crippen molar-refractivity contribution in [3.05, 3.63) is 29.8 Å². The van der Waals surface area contributed by atoms with Gasteiger partial charge in [0.05, 0.1) is 17.9 Å². The van der Waals surface area contributed by atoms with E-state index in [1.165, 1.54) is 25.8 Å². The van der Waals surface area contributed by atoms with Crippen molar-refractivity contribution in [2.75, 3.05) is 23.9 Å². The molecule has 0 unspecified atom stereocenters. The van der Waals surface area contributed by atoms with E-state index >= 15 is 0 Å². The molecule has 2 rings (SSSR count). The first-order valence-electron chi connectivity index (χ1n) is 8.60. The van der Waals surface area contributed by atoms with Gasteiger partial charge in [0.2, 0.25) is 5.91 Å². The molecule has 1 N–H and O–H groups in total. The summed E-state index contributed by atoms with van der Waals surface area (Å²) in [6.07, 6.45) is -0.616. The van der Waals surface area contributed by atoms with Crippen molar-refractivity contribution in [3.8, 4) is 0 Å². The number of hydrogen-bond acceptors (Lipinski definition) is 6. The predicted molar refractivity (Wildman–Crippen MR) is 99.8 cm³/mol. The van der Waals surface area contributed by atoms with Gasteiger partial charge < -0.3 is 15.0 Å². The Morgan fingerprint density at radius 2 is 1.89 bits per heavy atom. The van der Waals surface area contributed by atoms with Crippen LogP contribution in [0.3, 0.4) is 0 Å². The molecule has 1 saturated heterocycles. The summed E-state index contributed by atoms with van der Waals surface area (Å²) in [5, 5.41) is 2.63. The lowest BCUT2D eigenvalue weighted by Crippen LogP contribution is -2.44. The van der Waals surface area contributed by atoms with Crippen LogP contribution in [0.15, 0.2) is 24.3 Å². The Bertz CT molecular complexity index is 819. The Morgan fingerprint density at radius 3 is 2.41 bits per heavy atom. The third-order valence-corrected chi connectivity index (χ3v) is 6.13. The zero-order chi connectivity index (χ0) is 20.2. The zero-order valence-corrected chi connectivity index (χ0v) is 16.4. The highest BCUT2D eigenvalue weighted by Gasteiger charge is 2.34. The maximum absolute atomic E-state index is 12.4. The lowest BCUT2D eigenvalue weighted by molar-refractivity contribution is -0.158. The number of sulfone groups is 1. The molecular formula is C18H24N2O6S. The molecule has 9 heteroatoms. The van der Waals surface area contributed by atoms with Crippen molar-refractivity contribution in [1.29, 1.82) is 0 Å². The van der Waals surface area contributed by atoms with Crippen LogP contribution in [0.2, 0.25) is 0 Å². The average Bonchev–Trinajstić information content (AvgIpc) is 2.94. The number of rotatable bonds is 6. The van der Waals surface area contributed by atoms with Gasteiger partial charge in [-0.2, -0.15) is 0 Å². The Kier molecular flexibility index (Phi) is 6.59. The third-order valence-electron chi connectivity index (χ3n) is 4.38. The highest BCUT2D eigenvalue weighted by molar-refractivity contribution is 7.91. The van der Waals surface area contributed by atoms with Crippen LogP contribution in [0, 0.1) is 0 Å². The molecule has 2 amide bonds. The first kappa shape index (κ1) is 20.9. The molecule has 1 fully saturated rings. The number of benzene rings is 1. The van der Waals surface area contributed by atoms with E-state index in [-0.39, 0.29) is 29.9 Å². The Morgan fingerprint density at radius 1 is 1.26 bits per heavy atom. The standard InChI is InChI=1S/C18H24N2O6S/c1-12(18(23)20(3)16-8-9-27(24,25)11-16)26-17(22)10-14-4-6-15(7-5-14)19-13(2)21/h4-7,12,16H,8-11H2,1-3H3,(H,19,21)/t12-,16-/m0/s1. The minimum atomic E-state index is -3.10. The minimum absolute atomic E-state index is 0.0144. The van der Waals surface area contributed by atoms with E-state index in [0.29, 0.717) is 17.7 Å². The second kappa shape index (κ2) is 8.51. The van der Waals surface area contributed by atoms with Crippen molar-refractivity contribution >= 4 is 33.3 Å². The summed E-state index contributed by atoms with van der Waals surface area (Å²) in [6, 6.07) is 6.34. The van der Waals surface area contributed by atoms with Crippen molar-refractivity contribution in [1.82, 2.24) is 4.90 Å². The topological polar surface area (TPSA) is 110 Å². The molecule has 1 aromatic rings. The lowest BCUT2D eigenvalue weighted by Gasteiger charge is -2.26. The van der Waals surface area contributed by atoms with Crippen LogP contribution in [-0.4, -0.2) is 61.8 Å². The number of anilines is 1. The van der Waals surface area contributed by atoms with Crippen molar-refractivity contribution in [2.24, 2.45) is 0 Å². The van der Waals surface area contributed by atoms with E-state index in [2.05, 4.69) is 5.32 Å². The molecule has 0 aromatic heterocycles. The SMILES string of the molecule is CC(=O)Nc1ccc(CC(=O)O[C@@H](C)C(=O)N(C)[C@H]2CCS(=O)(=O)C2)cc1. The fraction of sp³-hybridized carbons (Fsp3) is 0.500. The van der Waals surface area contributed by atoms with E-state index in [9.17, 15) is 22.8 Å². The van der Waals surface area contributed by atoms with Gasteiger partial charge in [-0.25, -0.2) is 8.42 Å². The molecular weight excluding hydrogens is 372 g/mol. The Hall–Kier alpha value is -2.42. The lowest BCUT2D eigenvalue weighted by atomic mass is 10.1. The van der Waals surface area contributed by atoms with Crippen LogP contribution in [-0.2, 0) is 35.4 Å². The van der Waals surface area contributed by atoms with Crippen LogP contribution in [0.1, 0.15) is 25.8 Å². The Labute approximate surface area is 158 Å². The normalized spacial score (nSPS) is 19.1. The van der Waals surface area contributed by atoms with Gasteiger partial charge in [-0.1, -0.05) is 12.1 Å². The second-order valence-electron chi connectivity index (χ2n) is 6.69. The molecule has 1 aliphatic heterocycles. The summed E-state index contributed by atoms with van der Waals surface area (Å²) in [5.41, 5.74) is 1.31. The molecule has 8 nitrogen and oxygen atoms in total. The smallest absolute Gasteiger partial charge is 0.311 e. The predicted octanol–water partition coefficient (Wildman–Crippen LogP) is 0.765. The molecule has 1 aromatic carbocycles. The van der Waals surface area contributed by atoms with Gasteiger partial charge in [-0.3, -0.25) is 14.4 Å². The fourth-order valence-electron chi connectivity index (χ4n) is 2.91.